The molecular weight excluding hydrogens is 364 g/mol. The van der Waals surface area contributed by atoms with Crippen LogP contribution in [0.1, 0.15) is 9.75 Å². The summed E-state index contributed by atoms with van der Waals surface area (Å²) in [6.07, 6.45) is 2.04. The normalized spacial score (nSPS) is 16.2. The molecule has 0 aromatic carbocycles. The Morgan fingerprint density at radius 1 is 1.17 bits per heavy atom. The molecule has 1 aliphatic heterocycles. The lowest BCUT2D eigenvalue weighted by Crippen LogP contribution is -2.37. The molecule has 3 heterocycles. The van der Waals surface area contributed by atoms with E-state index in [-0.39, 0.29) is 30.1 Å². The van der Waals surface area contributed by atoms with Crippen molar-refractivity contribution in [2.24, 2.45) is 0 Å². The number of nitrogens with zero attached hydrogens (tertiary/aromatic N) is 1. The third-order valence-corrected chi connectivity index (χ3v) is 5.87. The van der Waals surface area contributed by atoms with Gasteiger partial charge < -0.3 is 5.32 Å². The van der Waals surface area contributed by atoms with Gasteiger partial charge in [0.1, 0.15) is 0 Å². The Kier molecular flexibility index (Phi) is 5.49. The number of thiophene rings is 2. The lowest BCUT2D eigenvalue weighted by Gasteiger charge is -2.12. The zero-order valence-corrected chi connectivity index (χ0v) is 15.0. The number of carbonyl (C=O) groups is 3. The Balaban J connectivity index is 1.51. The first-order chi connectivity index (χ1) is 11.6. The van der Waals surface area contributed by atoms with Crippen LogP contribution in [0.25, 0.3) is 6.08 Å². The van der Waals surface area contributed by atoms with Crippen LogP contribution in [-0.4, -0.2) is 35.0 Å². The zero-order chi connectivity index (χ0) is 16.9. The fraction of sp³-hybridized carbons (Fsp3) is 0.188. The highest BCUT2D eigenvalue weighted by Gasteiger charge is 2.34. The molecule has 1 N–H and O–H groups in total. The number of amides is 3. The molecule has 0 radical (unpaired) electrons. The van der Waals surface area contributed by atoms with Crippen molar-refractivity contribution in [3.63, 3.8) is 0 Å². The molecule has 0 unspecified atom stereocenters. The number of nitrogens with one attached hydrogen (secondary N) is 1. The minimum Gasteiger partial charge on any atom is -0.354 e. The number of imide groups is 1. The summed E-state index contributed by atoms with van der Waals surface area (Å²) in [6, 6.07) is 7.58. The molecule has 3 amide bonds. The monoisotopic (exact) mass is 378 g/mol. The quantitative estimate of drug-likeness (QED) is 0.784. The van der Waals surface area contributed by atoms with Gasteiger partial charge in [0.05, 0.1) is 11.3 Å². The third-order valence-electron chi connectivity index (χ3n) is 3.26. The SMILES string of the molecule is O=C(Cc1cccs1)NCCN1C(=O)S/C(=C/c2cccs2)C1=O. The minimum absolute atomic E-state index is 0.112. The Hall–Kier alpha value is -1.90. The van der Waals surface area contributed by atoms with E-state index in [9.17, 15) is 14.4 Å². The summed E-state index contributed by atoms with van der Waals surface area (Å²) in [7, 11) is 0. The van der Waals surface area contributed by atoms with Crippen LogP contribution >= 0.6 is 34.4 Å². The number of carbonyl (C=O) groups excluding carboxylic acids is 3. The van der Waals surface area contributed by atoms with Crippen LogP contribution in [0.5, 0.6) is 0 Å². The Morgan fingerprint density at radius 3 is 2.67 bits per heavy atom. The van der Waals surface area contributed by atoms with E-state index in [1.54, 1.807) is 6.08 Å². The zero-order valence-electron chi connectivity index (χ0n) is 12.6. The van der Waals surface area contributed by atoms with E-state index >= 15 is 0 Å². The molecule has 0 aliphatic carbocycles. The number of hydrogen-bond acceptors (Lipinski definition) is 6. The fourth-order valence-corrected chi connectivity index (χ4v) is 4.43. The van der Waals surface area contributed by atoms with Crippen LogP contribution in [0.2, 0.25) is 0 Å². The summed E-state index contributed by atoms with van der Waals surface area (Å²) < 4.78 is 0. The number of thioether (sulfide) groups is 1. The molecule has 0 saturated carbocycles. The fourth-order valence-electron chi connectivity index (χ4n) is 2.14. The van der Waals surface area contributed by atoms with Gasteiger partial charge in [0, 0.05) is 22.8 Å². The van der Waals surface area contributed by atoms with Crippen LogP contribution in [0.3, 0.4) is 0 Å². The second-order valence-electron chi connectivity index (χ2n) is 4.95. The van der Waals surface area contributed by atoms with E-state index < -0.39 is 0 Å². The molecule has 24 heavy (non-hydrogen) atoms. The van der Waals surface area contributed by atoms with Gasteiger partial charge in [-0.25, -0.2) is 0 Å². The highest BCUT2D eigenvalue weighted by molar-refractivity contribution is 8.18. The highest BCUT2D eigenvalue weighted by Crippen LogP contribution is 2.32. The Morgan fingerprint density at radius 2 is 1.96 bits per heavy atom. The second kappa shape index (κ2) is 7.78. The van der Waals surface area contributed by atoms with Crippen molar-refractivity contribution >= 4 is 57.6 Å². The van der Waals surface area contributed by atoms with Crippen LogP contribution in [0.15, 0.2) is 39.9 Å². The predicted octanol–water partition coefficient (Wildman–Crippen LogP) is 3.20. The largest absolute Gasteiger partial charge is 0.354 e. The van der Waals surface area contributed by atoms with Gasteiger partial charge in [0.15, 0.2) is 0 Å². The van der Waals surface area contributed by atoms with E-state index in [1.165, 1.54) is 27.6 Å². The molecule has 3 rings (SSSR count). The van der Waals surface area contributed by atoms with Crippen molar-refractivity contribution in [1.82, 2.24) is 10.2 Å². The lowest BCUT2D eigenvalue weighted by molar-refractivity contribution is -0.124. The van der Waals surface area contributed by atoms with Crippen LogP contribution < -0.4 is 5.32 Å². The maximum atomic E-state index is 12.3. The van der Waals surface area contributed by atoms with Gasteiger partial charge in [-0.1, -0.05) is 12.1 Å². The van der Waals surface area contributed by atoms with Crippen LogP contribution in [-0.2, 0) is 16.0 Å². The van der Waals surface area contributed by atoms with Gasteiger partial charge >= 0.3 is 0 Å². The Labute approximate surface area is 151 Å². The van der Waals surface area contributed by atoms with Crippen LogP contribution in [0, 0.1) is 0 Å². The first kappa shape index (κ1) is 16.9. The van der Waals surface area contributed by atoms with Gasteiger partial charge in [0.2, 0.25) is 5.91 Å². The van der Waals surface area contributed by atoms with E-state index in [1.807, 2.05) is 35.0 Å². The average molecular weight is 379 g/mol. The summed E-state index contributed by atoms with van der Waals surface area (Å²) in [6.45, 7) is 0.442. The molecule has 2 aromatic heterocycles. The highest BCUT2D eigenvalue weighted by atomic mass is 32.2. The molecule has 2 aromatic rings. The number of hydrogen-bond donors (Lipinski definition) is 1. The lowest BCUT2D eigenvalue weighted by atomic mass is 10.3. The maximum absolute atomic E-state index is 12.3. The summed E-state index contributed by atoms with van der Waals surface area (Å²) in [4.78, 5) is 39.6. The van der Waals surface area contributed by atoms with Gasteiger partial charge in [-0.05, 0) is 40.7 Å². The molecule has 1 fully saturated rings. The van der Waals surface area contributed by atoms with E-state index in [0.29, 0.717) is 11.3 Å². The van der Waals surface area contributed by atoms with Crippen molar-refractivity contribution in [2.75, 3.05) is 13.1 Å². The topological polar surface area (TPSA) is 66.5 Å². The smallest absolute Gasteiger partial charge is 0.293 e. The molecule has 124 valence electrons. The summed E-state index contributed by atoms with van der Waals surface area (Å²) in [5.41, 5.74) is 0. The average Bonchev–Trinajstić information content (AvgIpc) is 3.27. The van der Waals surface area contributed by atoms with E-state index in [4.69, 9.17) is 0 Å². The third kappa shape index (κ3) is 4.14. The van der Waals surface area contributed by atoms with E-state index in [0.717, 1.165) is 21.5 Å². The molecule has 0 bridgehead atoms. The standard InChI is InChI=1S/C16H14N2O3S3/c19-14(10-12-4-2-8-23-12)17-5-6-18-15(20)13(24-16(18)21)9-11-3-1-7-22-11/h1-4,7-9H,5-6,10H2,(H,17,19)/b13-9+. The first-order valence-electron chi connectivity index (χ1n) is 7.21. The van der Waals surface area contributed by atoms with E-state index in [2.05, 4.69) is 5.32 Å². The maximum Gasteiger partial charge on any atom is 0.293 e. The van der Waals surface area contributed by atoms with Crippen molar-refractivity contribution < 1.29 is 14.4 Å². The van der Waals surface area contributed by atoms with Crippen LogP contribution in [0.4, 0.5) is 4.79 Å². The molecule has 8 heteroatoms. The Bertz CT molecular complexity index is 767. The molecule has 0 spiro atoms. The molecular formula is C16H14N2O3S3. The van der Waals surface area contributed by atoms with Gasteiger partial charge in [0.25, 0.3) is 11.1 Å². The molecule has 0 atom stereocenters. The molecule has 1 aliphatic rings. The molecule has 1 saturated heterocycles. The summed E-state index contributed by atoms with van der Waals surface area (Å²) in [5, 5.41) is 6.28. The second-order valence-corrected chi connectivity index (χ2v) is 7.96. The van der Waals surface area contributed by atoms with Crippen molar-refractivity contribution in [3.05, 3.63) is 49.7 Å². The van der Waals surface area contributed by atoms with Crippen molar-refractivity contribution in [1.29, 1.82) is 0 Å². The van der Waals surface area contributed by atoms with Crippen molar-refractivity contribution in [2.45, 2.75) is 6.42 Å². The number of rotatable bonds is 6. The van der Waals surface area contributed by atoms with Gasteiger partial charge in [-0.2, -0.15) is 0 Å². The minimum atomic E-state index is -0.300. The summed E-state index contributed by atoms with van der Waals surface area (Å²) >= 11 is 3.97. The van der Waals surface area contributed by atoms with Gasteiger partial charge in [-0.3, -0.25) is 19.3 Å². The molecule has 5 nitrogen and oxygen atoms in total. The van der Waals surface area contributed by atoms with Crippen molar-refractivity contribution in [3.8, 4) is 0 Å². The first-order valence-corrected chi connectivity index (χ1v) is 9.79. The van der Waals surface area contributed by atoms with Gasteiger partial charge in [-0.15, -0.1) is 22.7 Å². The summed E-state index contributed by atoms with van der Waals surface area (Å²) in [5.74, 6) is -0.413. The predicted molar refractivity (Wildman–Crippen MR) is 98.0 cm³/mol.